The fourth-order valence-electron chi connectivity index (χ4n) is 1.44. The number of hydrogen-bond donors (Lipinski definition) is 0. The molecule has 0 N–H and O–H groups in total. The number of aromatic nitrogens is 2. The van der Waals surface area contributed by atoms with Gasteiger partial charge in [-0.05, 0) is 19.1 Å². The van der Waals surface area contributed by atoms with Crippen molar-refractivity contribution in [3.8, 4) is 11.4 Å². The third-order valence-electron chi connectivity index (χ3n) is 2.26. The van der Waals surface area contributed by atoms with Crippen LogP contribution in [0.5, 0.6) is 5.75 Å². The number of hydrogen-bond acceptors (Lipinski definition) is 2. The zero-order valence-corrected chi connectivity index (χ0v) is 9.32. The van der Waals surface area contributed by atoms with E-state index in [1.165, 1.54) is 0 Å². The smallest absolute Gasteiger partial charge is 0.144 e. The molecule has 0 aliphatic rings. The minimum Gasteiger partial charge on any atom is -0.494 e. The summed E-state index contributed by atoms with van der Waals surface area (Å²) in [5, 5.41) is 4.85. The van der Waals surface area contributed by atoms with Crippen LogP contribution in [0.2, 0.25) is 5.02 Å². The summed E-state index contributed by atoms with van der Waals surface area (Å²) in [4.78, 5) is 0. The second-order valence-electron chi connectivity index (χ2n) is 3.16. The second kappa shape index (κ2) is 3.95. The van der Waals surface area contributed by atoms with Gasteiger partial charge in [-0.2, -0.15) is 5.10 Å². The fourth-order valence-corrected chi connectivity index (χ4v) is 1.56. The summed E-state index contributed by atoms with van der Waals surface area (Å²) in [7, 11) is 1.64. The van der Waals surface area contributed by atoms with Crippen LogP contribution in [0.4, 0.5) is 0 Å². The van der Waals surface area contributed by atoms with Crippen molar-refractivity contribution in [2.24, 2.45) is 0 Å². The molecule has 0 aliphatic carbocycles. The Bertz CT molecular complexity index is 479. The second-order valence-corrected chi connectivity index (χ2v) is 3.57. The van der Waals surface area contributed by atoms with Crippen LogP contribution in [-0.4, -0.2) is 16.9 Å². The highest BCUT2D eigenvalue weighted by atomic mass is 35.5. The lowest BCUT2D eigenvalue weighted by atomic mass is 10.3. The van der Waals surface area contributed by atoms with Crippen LogP contribution in [-0.2, 0) is 0 Å². The summed E-state index contributed by atoms with van der Waals surface area (Å²) in [6.07, 6.45) is 1.63. The predicted octanol–water partition coefficient (Wildman–Crippen LogP) is 2.84. The van der Waals surface area contributed by atoms with Crippen LogP contribution in [0.1, 0.15) is 5.69 Å². The number of nitrogens with zero attached hydrogens (tertiary/aromatic N) is 2. The van der Waals surface area contributed by atoms with Gasteiger partial charge in [0.05, 0.1) is 24.0 Å². The van der Waals surface area contributed by atoms with Crippen molar-refractivity contribution in [3.05, 3.63) is 41.2 Å². The summed E-state index contributed by atoms with van der Waals surface area (Å²) in [5.41, 5.74) is 1.80. The molecular formula is C11H11ClN2O. The number of methoxy groups -OCH3 is 1. The van der Waals surface area contributed by atoms with Gasteiger partial charge >= 0.3 is 0 Å². The maximum atomic E-state index is 5.95. The van der Waals surface area contributed by atoms with Crippen LogP contribution in [0.3, 0.4) is 0 Å². The van der Waals surface area contributed by atoms with Gasteiger partial charge in [0.2, 0.25) is 0 Å². The molecule has 1 heterocycles. The maximum Gasteiger partial charge on any atom is 0.144 e. The Morgan fingerprint density at radius 3 is 2.67 bits per heavy atom. The number of ether oxygens (including phenoxy) is 1. The first-order chi connectivity index (χ1) is 7.24. The van der Waals surface area contributed by atoms with E-state index in [2.05, 4.69) is 5.10 Å². The van der Waals surface area contributed by atoms with Gasteiger partial charge in [0.1, 0.15) is 11.4 Å². The summed E-state index contributed by atoms with van der Waals surface area (Å²) in [6.45, 7) is 1.92. The molecule has 0 spiro atoms. The van der Waals surface area contributed by atoms with Crippen molar-refractivity contribution in [2.75, 3.05) is 7.11 Å². The number of halogens is 1. The quantitative estimate of drug-likeness (QED) is 0.781. The van der Waals surface area contributed by atoms with E-state index < -0.39 is 0 Å². The maximum absolute atomic E-state index is 5.95. The van der Waals surface area contributed by atoms with E-state index in [-0.39, 0.29) is 0 Å². The average Bonchev–Trinajstić information content (AvgIpc) is 2.60. The minimum atomic E-state index is 0.654. The summed E-state index contributed by atoms with van der Waals surface area (Å²) >= 11 is 5.95. The Hall–Kier alpha value is -1.48. The van der Waals surface area contributed by atoms with Gasteiger partial charge < -0.3 is 4.74 Å². The highest BCUT2D eigenvalue weighted by molar-refractivity contribution is 6.31. The van der Waals surface area contributed by atoms with Gasteiger partial charge in [-0.1, -0.05) is 23.7 Å². The van der Waals surface area contributed by atoms with E-state index in [9.17, 15) is 0 Å². The van der Waals surface area contributed by atoms with Crippen LogP contribution >= 0.6 is 11.6 Å². The molecule has 0 atom stereocenters. The molecule has 2 rings (SSSR count). The monoisotopic (exact) mass is 222 g/mol. The predicted molar refractivity (Wildman–Crippen MR) is 59.9 cm³/mol. The standard InChI is InChI=1S/C11H11ClN2O/c1-8-9(12)7-13-14(8)10-5-3-4-6-11(10)15-2/h3-7H,1-2H3. The minimum absolute atomic E-state index is 0.654. The van der Waals surface area contributed by atoms with E-state index in [1.54, 1.807) is 18.0 Å². The Kier molecular flexibility index (Phi) is 2.64. The van der Waals surface area contributed by atoms with Crippen molar-refractivity contribution >= 4 is 11.6 Å². The number of benzene rings is 1. The Morgan fingerprint density at radius 1 is 1.33 bits per heavy atom. The lowest BCUT2D eigenvalue weighted by Crippen LogP contribution is -2.01. The van der Waals surface area contributed by atoms with Crippen LogP contribution < -0.4 is 4.74 Å². The molecule has 0 unspecified atom stereocenters. The molecule has 0 aliphatic heterocycles. The van der Waals surface area contributed by atoms with Gasteiger partial charge in [0.25, 0.3) is 0 Å². The molecule has 1 aromatic carbocycles. The van der Waals surface area contributed by atoms with Crippen molar-refractivity contribution < 1.29 is 4.74 Å². The normalized spacial score (nSPS) is 10.3. The fraction of sp³-hybridized carbons (Fsp3) is 0.182. The lowest BCUT2D eigenvalue weighted by molar-refractivity contribution is 0.411. The molecule has 2 aromatic rings. The van der Waals surface area contributed by atoms with E-state index >= 15 is 0 Å². The van der Waals surface area contributed by atoms with Gasteiger partial charge in [-0.3, -0.25) is 0 Å². The zero-order valence-electron chi connectivity index (χ0n) is 8.57. The molecule has 0 amide bonds. The molecule has 0 bridgehead atoms. The number of para-hydroxylation sites is 2. The Balaban J connectivity index is 2.58. The Labute approximate surface area is 93.2 Å². The largest absolute Gasteiger partial charge is 0.494 e. The lowest BCUT2D eigenvalue weighted by Gasteiger charge is -2.09. The first-order valence-electron chi connectivity index (χ1n) is 4.57. The van der Waals surface area contributed by atoms with Crippen molar-refractivity contribution in [3.63, 3.8) is 0 Å². The van der Waals surface area contributed by atoms with E-state index in [0.717, 1.165) is 17.1 Å². The highest BCUT2D eigenvalue weighted by Gasteiger charge is 2.09. The van der Waals surface area contributed by atoms with Crippen LogP contribution in [0.25, 0.3) is 5.69 Å². The third kappa shape index (κ3) is 1.70. The van der Waals surface area contributed by atoms with Crippen molar-refractivity contribution in [2.45, 2.75) is 6.92 Å². The molecule has 78 valence electrons. The first kappa shape index (κ1) is 10.1. The molecule has 0 fully saturated rings. The zero-order chi connectivity index (χ0) is 10.8. The first-order valence-corrected chi connectivity index (χ1v) is 4.95. The summed E-state index contributed by atoms with van der Waals surface area (Å²) in [5.74, 6) is 0.778. The highest BCUT2D eigenvalue weighted by Crippen LogP contribution is 2.25. The van der Waals surface area contributed by atoms with E-state index in [0.29, 0.717) is 5.02 Å². The molecule has 0 radical (unpaired) electrons. The van der Waals surface area contributed by atoms with Gasteiger partial charge in [0, 0.05) is 0 Å². The molecule has 3 nitrogen and oxygen atoms in total. The molecule has 1 aromatic heterocycles. The van der Waals surface area contributed by atoms with Crippen molar-refractivity contribution in [1.29, 1.82) is 0 Å². The van der Waals surface area contributed by atoms with Gasteiger partial charge in [-0.25, -0.2) is 4.68 Å². The van der Waals surface area contributed by atoms with Crippen molar-refractivity contribution in [1.82, 2.24) is 9.78 Å². The molecule has 0 saturated heterocycles. The molecule has 15 heavy (non-hydrogen) atoms. The van der Waals surface area contributed by atoms with E-state index in [4.69, 9.17) is 16.3 Å². The molecule has 4 heteroatoms. The molecule has 0 saturated carbocycles. The average molecular weight is 223 g/mol. The molecular weight excluding hydrogens is 212 g/mol. The van der Waals surface area contributed by atoms with Gasteiger partial charge in [0.15, 0.2) is 0 Å². The van der Waals surface area contributed by atoms with E-state index in [1.807, 2.05) is 31.2 Å². The summed E-state index contributed by atoms with van der Waals surface area (Å²) < 4.78 is 7.03. The van der Waals surface area contributed by atoms with Crippen LogP contribution in [0, 0.1) is 6.92 Å². The van der Waals surface area contributed by atoms with Gasteiger partial charge in [-0.15, -0.1) is 0 Å². The summed E-state index contributed by atoms with van der Waals surface area (Å²) in [6, 6.07) is 7.69. The topological polar surface area (TPSA) is 27.1 Å². The SMILES string of the molecule is COc1ccccc1-n1ncc(Cl)c1C. The number of rotatable bonds is 2. The van der Waals surface area contributed by atoms with Crippen LogP contribution in [0.15, 0.2) is 30.5 Å². The third-order valence-corrected chi connectivity index (χ3v) is 2.63. The Morgan fingerprint density at radius 2 is 2.07 bits per heavy atom.